The zero-order valence-electron chi connectivity index (χ0n) is 13.8. The molecule has 25 heavy (non-hydrogen) atoms. The number of aryl methyl sites for hydroxylation is 1. The summed E-state index contributed by atoms with van der Waals surface area (Å²) in [6, 6.07) is 0. The molecule has 0 aliphatic carbocycles. The van der Waals surface area contributed by atoms with Crippen molar-refractivity contribution in [2.75, 3.05) is 0 Å². The van der Waals surface area contributed by atoms with Crippen molar-refractivity contribution in [1.29, 1.82) is 0 Å². The maximum absolute atomic E-state index is 12.7. The van der Waals surface area contributed by atoms with Crippen LogP contribution in [0.1, 0.15) is 35.8 Å². The molecule has 128 valence electrons. The number of H-pyrrole nitrogens is 1. The van der Waals surface area contributed by atoms with Crippen LogP contribution in [0.4, 0.5) is 0 Å². The number of hydrogen-bond donors (Lipinski definition) is 2. The minimum absolute atomic E-state index is 0.0420. The minimum Gasteiger partial charge on any atom is -0.351 e. The Morgan fingerprint density at radius 1 is 1.36 bits per heavy atom. The Balaban J connectivity index is 1.55. The molecule has 9 nitrogen and oxygen atoms in total. The number of rotatable bonds is 4. The summed E-state index contributed by atoms with van der Waals surface area (Å²) in [5.74, 6) is 0.998. The number of carbonyl (C=O) groups is 1. The number of hydrogen-bond acceptors (Lipinski definition) is 6. The van der Waals surface area contributed by atoms with Crippen LogP contribution in [-0.4, -0.2) is 40.8 Å². The molecule has 4 rings (SSSR count). The van der Waals surface area contributed by atoms with Crippen LogP contribution in [0.5, 0.6) is 0 Å². The van der Waals surface area contributed by atoms with E-state index in [1.165, 1.54) is 0 Å². The fourth-order valence-corrected chi connectivity index (χ4v) is 3.09. The number of aromatic amines is 1. The van der Waals surface area contributed by atoms with Gasteiger partial charge in [0.05, 0.1) is 18.3 Å². The lowest BCUT2D eigenvalue weighted by Gasteiger charge is -2.22. The van der Waals surface area contributed by atoms with Crippen LogP contribution in [0.2, 0.25) is 0 Å². The zero-order valence-corrected chi connectivity index (χ0v) is 13.8. The molecule has 3 aromatic rings. The molecule has 1 aliphatic heterocycles. The molecule has 0 saturated carbocycles. The standard InChI is InChI=1S/C16H18N8O/c1-10-11(8-20-21-10)7-19-16(25)12-3-2-6-24-14(12)22-23-15(24)13-9-17-4-5-18-13/h4-5,8-9,12H,2-3,6-7H2,1H3,(H,19,25)(H,20,21). The second-order valence-corrected chi connectivity index (χ2v) is 6.06. The minimum atomic E-state index is -0.307. The maximum Gasteiger partial charge on any atom is 0.231 e. The normalized spacial score (nSPS) is 16.4. The maximum atomic E-state index is 12.7. The van der Waals surface area contributed by atoms with E-state index in [9.17, 15) is 4.79 Å². The Morgan fingerprint density at radius 3 is 3.04 bits per heavy atom. The molecule has 1 atom stereocenters. The Kier molecular flexibility index (Phi) is 3.96. The summed E-state index contributed by atoms with van der Waals surface area (Å²) in [5.41, 5.74) is 2.60. The second-order valence-electron chi connectivity index (χ2n) is 6.06. The van der Waals surface area contributed by atoms with Crippen LogP contribution in [0.25, 0.3) is 11.5 Å². The second kappa shape index (κ2) is 6.42. The van der Waals surface area contributed by atoms with Gasteiger partial charge in [-0.2, -0.15) is 5.10 Å². The molecule has 0 aromatic carbocycles. The molecule has 0 spiro atoms. The highest BCUT2D eigenvalue weighted by molar-refractivity contribution is 5.83. The lowest BCUT2D eigenvalue weighted by molar-refractivity contribution is -0.123. The lowest BCUT2D eigenvalue weighted by Crippen LogP contribution is -2.33. The molecular formula is C16H18N8O. The molecule has 1 unspecified atom stereocenters. The van der Waals surface area contributed by atoms with Gasteiger partial charge in [0.15, 0.2) is 5.82 Å². The van der Waals surface area contributed by atoms with Gasteiger partial charge in [0.2, 0.25) is 5.91 Å². The Hall–Kier alpha value is -3.10. The van der Waals surface area contributed by atoms with E-state index in [1.807, 2.05) is 11.5 Å². The number of nitrogens with one attached hydrogen (secondary N) is 2. The highest BCUT2D eigenvalue weighted by Crippen LogP contribution is 2.29. The first-order valence-corrected chi connectivity index (χ1v) is 8.20. The molecule has 1 amide bonds. The molecule has 0 bridgehead atoms. The van der Waals surface area contributed by atoms with Crippen molar-refractivity contribution in [1.82, 2.24) is 40.2 Å². The van der Waals surface area contributed by atoms with E-state index in [0.29, 0.717) is 23.9 Å². The first kappa shape index (κ1) is 15.4. The van der Waals surface area contributed by atoms with Crippen LogP contribution in [0.3, 0.4) is 0 Å². The van der Waals surface area contributed by atoms with E-state index >= 15 is 0 Å². The highest BCUT2D eigenvalue weighted by Gasteiger charge is 2.31. The third-order valence-corrected chi connectivity index (χ3v) is 4.46. The molecule has 9 heteroatoms. The summed E-state index contributed by atoms with van der Waals surface area (Å²) in [6.07, 6.45) is 8.27. The first-order valence-electron chi connectivity index (χ1n) is 8.20. The summed E-state index contributed by atoms with van der Waals surface area (Å²) in [4.78, 5) is 21.0. The van der Waals surface area contributed by atoms with E-state index in [0.717, 1.165) is 30.6 Å². The molecule has 0 fully saturated rings. The van der Waals surface area contributed by atoms with Crippen molar-refractivity contribution in [3.05, 3.63) is 41.9 Å². The van der Waals surface area contributed by atoms with E-state index < -0.39 is 0 Å². The molecule has 4 heterocycles. The summed E-state index contributed by atoms with van der Waals surface area (Å²) in [6.45, 7) is 3.15. The van der Waals surface area contributed by atoms with Gasteiger partial charge in [-0.15, -0.1) is 10.2 Å². The van der Waals surface area contributed by atoms with Gasteiger partial charge in [-0.25, -0.2) is 4.98 Å². The van der Waals surface area contributed by atoms with Crippen LogP contribution in [0.15, 0.2) is 24.8 Å². The van der Waals surface area contributed by atoms with Gasteiger partial charge in [-0.05, 0) is 19.8 Å². The average molecular weight is 338 g/mol. The van der Waals surface area contributed by atoms with Crippen LogP contribution >= 0.6 is 0 Å². The lowest BCUT2D eigenvalue weighted by atomic mass is 9.97. The quantitative estimate of drug-likeness (QED) is 0.732. The predicted molar refractivity (Wildman–Crippen MR) is 88.2 cm³/mol. The smallest absolute Gasteiger partial charge is 0.231 e. The van der Waals surface area contributed by atoms with Gasteiger partial charge in [-0.3, -0.25) is 14.9 Å². The number of amides is 1. The van der Waals surface area contributed by atoms with E-state index in [2.05, 4.69) is 35.7 Å². The van der Waals surface area contributed by atoms with Gasteiger partial charge < -0.3 is 9.88 Å². The van der Waals surface area contributed by atoms with Crippen molar-refractivity contribution in [2.24, 2.45) is 0 Å². The number of fused-ring (bicyclic) bond motifs is 1. The first-order chi connectivity index (χ1) is 12.2. The van der Waals surface area contributed by atoms with Crippen LogP contribution in [-0.2, 0) is 17.9 Å². The van der Waals surface area contributed by atoms with Crippen LogP contribution in [0, 0.1) is 6.92 Å². The molecule has 0 saturated heterocycles. The Labute approximate surface area is 143 Å². The van der Waals surface area contributed by atoms with Gasteiger partial charge in [-0.1, -0.05) is 0 Å². The third kappa shape index (κ3) is 2.88. The van der Waals surface area contributed by atoms with Crippen molar-refractivity contribution < 1.29 is 4.79 Å². The Bertz CT molecular complexity index is 885. The van der Waals surface area contributed by atoms with Gasteiger partial charge in [0, 0.05) is 36.7 Å². The molecule has 3 aromatic heterocycles. The van der Waals surface area contributed by atoms with E-state index in [-0.39, 0.29) is 11.8 Å². The van der Waals surface area contributed by atoms with E-state index in [1.54, 1.807) is 24.8 Å². The van der Waals surface area contributed by atoms with Gasteiger partial charge in [0.25, 0.3) is 0 Å². The van der Waals surface area contributed by atoms with Crippen molar-refractivity contribution in [3.8, 4) is 11.5 Å². The van der Waals surface area contributed by atoms with Crippen molar-refractivity contribution >= 4 is 5.91 Å². The fraction of sp³-hybridized carbons (Fsp3) is 0.375. The number of aromatic nitrogens is 7. The SMILES string of the molecule is Cc1[nH]ncc1CNC(=O)C1CCCn2c(-c3cnccn3)nnc21. The summed E-state index contributed by atoms with van der Waals surface area (Å²) in [7, 11) is 0. The van der Waals surface area contributed by atoms with Crippen molar-refractivity contribution in [3.63, 3.8) is 0 Å². The Morgan fingerprint density at radius 2 is 2.28 bits per heavy atom. The monoisotopic (exact) mass is 338 g/mol. The fourth-order valence-electron chi connectivity index (χ4n) is 3.09. The summed E-state index contributed by atoms with van der Waals surface area (Å²) >= 11 is 0. The summed E-state index contributed by atoms with van der Waals surface area (Å²) < 4.78 is 1.97. The highest BCUT2D eigenvalue weighted by atomic mass is 16.1. The molecular weight excluding hydrogens is 320 g/mol. The average Bonchev–Trinajstić information content (AvgIpc) is 3.26. The van der Waals surface area contributed by atoms with Crippen LogP contribution < -0.4 is 5.32 Å². The molecule has 0 radical (unpaired) electrons. The predicted octanol–water partition coefficient (Wildman–Crippen LogP) is 0.960. The largest absolute Gasteiger partial charge is 0.351 e. The third-order valence-electron chi connectivity index (χ3n) is 4.46. The van der Waals surface area contributed by atoms with Crippen molar-refractivity contribution in [2.45, 2.75) is 38.8 Å². The molecule has 2 N–H and O–H groups in total. The summed E-state index contributed by atoms with van der Waals surface area (Å²) in [5, 5.41) is 18.3. The molecule has 1 aliphatic rings. The number of nitrogens with zero attached hydrogens (tertiary/aromatic N) is 6. The van der Waals surface area contributed by atoms with Gasteiger partial charge >= 0.3 is 0 Å². The zero-order chi connectivity index (χ0) is 17.2. The van der Waals surface area contributed by atoms with E-state index in [4.69, 9.17) is 0 Å². The topological polar surface area (TPSA) is 114 Å². The van der Waals surface area contributed by atoms with Gasteiger partial charge in [0.1, 0.15) is 11.5 Å². The number of carbonyl (C=O) groups excluding carboxylic acids is 1.